The zero-order valence-corrected chi connectivity index (χ0v) is 56.1. The van der Waals surface area contributed by atoms with Gasteiger partial charge in [-0.2, -0.15) is 0 Å². The van der Waals surface area contributed by atoms with Crippen LogP contribution in [0.1, 0.15) is 207 Å². The number of alkyl carbamates (subject to hydrolysis) is 1. The van der Waals surface area contributed by atoms with Gasteiger partial charge >= 0.3 is 18.0 Å². The molecule has 3 rings (SSSR count). The van der Waals surface area contributed by atoms with Crippen LogP contribution in [0.2, 0.25) is 0 Å². The smallest absolute Gasteiger partial charge is 0.407 e. The van der Waals surface area contributed by atoms with Crippen LogP contribution in [0.3, 0.4) is 0 Å². The summed E-state index contributed by atoms with van der Waals surface area (Å²) in [5, 5.41) is 97.5. The maximum Gasteiger partial charge on any atom is 0.407 e. The lowest BCUT2D eigenvalue weighted by atomic mass is 9.82. The van der Waals surface area contributed by atoms with Gasteiger partial charge < -0.3 is 105 Å². The van der Waals surface area contributed by atoms with Gasteiger partial charge in [0.1, 0.15) is 42.4 Å². The maximum atomic E-state index is 13.0. The highest BCUT2D eigenvalue weighted by Crippen LogP contribution is 2.32. The average Bonchev–Trinajstić information content (AvgIpc) is 1.20. The van der Waals surface area contributed by atoms with Crippen LogP contribution in [0.4, 0.5) is 4.79 Å². The fourth-order valence-electron chi connectivity index (χ4n) is 11.4. The van der Waals surface area contributed by atoms with Crippen molar-refractivity contribution in [3.05, 3.63) is 0 Å². The number of carbonyl (C=O) groups is 6. The highest BCUT2D eigenvalue weighted by molar-refractivity contribution is 5.78. The number of aliphatic hydroxyl groups is 9. The summed E-state index contributed by atoms with van der Waals surface area (Å²) in [6.45, 7) is 8.40. The zero-order chi connectivity index (χ0) is 68.4. The molecule has 0 bridgehead atoms. The summed E-state index contributed by atoms with van der Waals surface area (Å²) >= 11 is 0. The lowest BCUT2D eigenvalue weighted by Crippen LogP contribution is -2.55. The number of carbonyl (C=O) groups excluding carboxylic acids is 6. The van der Waals surface area contributed by atoms with Gasteiger partial charge in [-0.15, -0.1) is 0 Å². The number of unbranched alkanes of at least 4 members (excludes halogenated alkanes) is 12. The second-order valence-corrected chi connectivity index (χ2v) is 25.9. The lowest BCUT2D eigenvalue weighted by molar-refractivity contribution is -0.282. The SMILES string of the molecule is CC1C(OCCCC(=O)CCCCCCCNC(=O)OCCCC(C)(CCCOC(=O)CCCCCCCNC(=O)CCCOC2OC(CO)C(O)C(O)C2C)COC(=O)CCCCCCCNC(=O)CCCOC2OC(CO)C(O)C(O)C2C)OC(CO)C(O)C1O. The van der Waals surface area contributed by atoms with Gasteiger partial charge in [0.25, 0.3) is 0 Å². The van der Waals surface area contributed by atoms with E-state index in [1.165, 1.54) is 0 Å². The summed E-state index contributed by atoms with van der Waals surface area (Å²) in [5.74, 6) is -2.17. The van der Waals surface area contributed by atoms with Crippen molar-refractivity contribution < 1.29 is 117 Å². The number of hydrogen-bond donors (Lipinski definition) is 12. The Bertz CT molecular complexity index is 1950. The predicted octanol–water partition coefficient (Wildman–Crippen LogP) is 3.80. The summed E-state index contributed by atoms with van der Waals surface area (Å²) in [6.07, 6.45) is 5.08. The fraction of sp³-hybridized carbons (Fsp3) is 0.909. The molecule has 3 amide bonds. The number of esters is 2. The van der Waals surface area contributed by atoms with E-state index in [2.05, 4.69) is 16.0 Å². The van der Waals surface area contributed by atoms with E-state index in [-0.39, 0.29) is 94.9 Å². The molecular weight excluding hydrogens is 1220 g/mol. The monoisotopic (exact) mass is 1340 g/mol. The van der Waals surface area contributed by atoms with Gasteiger partial charge in [-0.05, 0) is 83.5 Å². The second kappa shape index (κ2) is 48.8. The van der Waals surface area contributed by atoms with Crippen molar-refractivity contribution in [2.75, 3.05) is 79.1 Å². The Labute approximate surface area is 550 Å². The van der Waals surface area contributed by atoms with Crippen molar-refractivity contribution in [3.8, 4) is 0 Å². The molecule has 3 saturated heterocycles. The van der Waals surface area contributed by atoms with Crippen LogP contribution in [-0.4, -0.2) is 234 Å². The van der Waals surface area contributed by atoms with Crippen molar-refractivity contribution in [2.45, 2.75) is 281 Å². The summed E-state index contributed by atoms with van der Waals surface area (Å²) in [6, 6.07) is 0. The molecule has 3 aliphatic heterocycles. The number of Topliss-reactive ketones (excluding diaryl/α,β-unsaturated/α-hetero) is 1. The predicted molar refractivity (Wildman–Crippen MR) is 338 cm³/mol. The first-order valence-electron chi connectivity index (χ1n) is 34.6. The van der Waals surface area contributed by atoms with Crippen molar-refractivity contribution in [1.82, 2.24) is 16.0 Å². The van der Waals surface area contributed by atoms with Gasteiger partial charge in [0.2, 0.25) is 11.8 Å². The van der Waals surface area contributed by atoms with Crippen LogP contribution in [0.5, 0.6) is 0 Å². The van der Waals surface area contributed by atoms with Crippen LogP contribution in [0.25, 0.3) is 0 Å². The van der Waals surface area contributed by atoms with E-state index in [1.807, 2.05) is 6.92 Å². The third kappa shape index (κ3) is 34.3. The number of ether oxygens (including phenoxy) is 9. The Balaban J connectivity index is 1.27. The Morgan fingerprint density at radius 2 is 0.710 bits per heavy atom. The molecule has 3 heterocycles. The first-order valence-corrected chi connectivity index (χ1v) is 34.6. The topological polar surface area (TPSA) is 404 Å². The normalized spacial score (nSPS) is 27.0. The van der Waals surface area contributed by atoms with E-state index >= 15 is 0 Å². The molecule has 16 atom stereocenters. The van der Waals surface area contributed by atoms with Gasteiger partial charge in [-0.25, -0.2) is 4.79 Å². The van der Waals surface area contributed by atoms with E-state index in [4.69, 9.17) is 42.6 Å². The number of rotatable bonds is 52. The van der Waals surface area contributed by atoms with Crippen LogP contribution in [0, 0.1) is 23.2 Å². The van der Waals surface area contributed by atoms with Gasteiger partial charge in [-0.1, -0.05) is 85.5 Å². The molecule has 12 N–H and O–H groups in total. The van der Waals surface area contributed by atoms with Crippen molar-refractivity contribution >= 4 is 35.6 Å². The molecule has 3 fully saturated rings. The van der Waals surface area contributed by atoms with Crippen molar-refractivity contribution in [1.29, 1.82) is 0 Å². The van der Waals surface area contributed by atoms with Crippen LogP contribution in [0.15, 0.2) is 0 Å². The minimum absolute atomic E-state index is 0.105. The van der Waals surface area contributed by atoms with Gasteiger partial charge in [0.15, 0.2) is 18.9 Å². The van der Waals surface area contributed by atoms with Crippen molar-refractivity contribution in [3.63, 3.8) is 0 Å². The Morgan fingerprint density at radius 3 is 1.12 bits per heavy atom. The van der Waals surface area contributed by atoms with E-state index in [9.17, 15) is 74.7 Å². The molecule has 3 aliphatic rings. The maximum absolute atomic E-state index is 13.0. The molecule has 93 heavy (non-hydrogen) atoms. The van der Waals surface area contributed by atoms with E-state index < -0.39 is 123 Å². The standard InChI is InChI=1S/C66H119N3O24/c1-45-56(78)59(81)49(41-70)91-62(45)86-36-20-26-48(73)25-14-8-5-13-19-35-69-65(84)89-40-24-32-66(4,44-90-55(77)30-16-10-7-12-18-34-68-53(75)28-22-38-88-64-47(3)58(80)61(83)51(43-72)93-64)31-23-39-85-54(76)29-15-9-6-11-17-33-67-52(74)27-21-37-87-63-46(2)57(79)60(82)50(42-71)92-63/h45-47,49-51,56-64,70-72,78-83H,5-44H2,1-4H3,(H,67,74)(H,68,75)(H,69,84). The molecule has 0 spiro atoms. The van der Waals surface area contributed by atoms with E-state index in [0.29, 0.717) is 90.3 Å². The van der Waals surface area contributed by atoms with Crippen LogP contribution in [-0.2, 0) is 66.6 Å². The van der Waals surface area contributed by atoms with Gasteiger partial charge in [0.05, 0.1) is 77.8 Å². The third-order valence-corrected chi connectivity index (χ3v) is 17.7. The zero-order valence-electron chi connectivity index (χ0n) is 56.1. The number of hydrogen-bond acceptors (Lipinski definition) is 24. The molecule has 27 nitrogen and oxygen atoms in total. The fourth-order valence-corrected chi connectivity index (χ4v) is 11.4. The van der Waals surface area contributed by atoms with Crippen LogP contribution >= 0.6 is 0 Å². The van der Waals surface area contributed by atoms with Gasteiger partial charge in [0, 0.05) is 81.3 Å². The summed E-state index contributed by atoms with van der Waals surface area (Å²) in [4.78, 5) is 75.3. The number of nitrogens with one attached hydrogen (secondary N) is 3. The quantitative estimate of drug-likeness (QED) is 0.0234. The molecule has 0 radical (unpaired) electrons. The number of amides is 3. The first kappa shape index (κ1) is 83.4. The summed E-state index contributed by atoms with van der Waals surface area (Å²) < 4.78 is 50.6. The first-order chi connectivity index (χ1) is 44.6. The van der Waals surface area contributed by atoms with Gasteiger partial charge in [-0.3, -0.25) is 24.0 Å². The summed E-state index contributed by atoms with van der Waals surface area (Å²) in [7, 11) is 0. The van der Waals surface area contributed by atoms with E-state index in [0.717, 1.165) is 83.5 Å². The molecule has 27 heteroatoms. The Hall–Kier alpha value is -3.78. The Kier molecular flexibility index (Phi) is 43.8. The second-order valence-electron chi connectivity index (χ2n) is 25.9. The van der Waals surface area contributed by atoms with Crippen LogP contribution < -0.4 is 16.0 Å². The average molecular weight is 1340 g/mol. The number of aliphatic hydroxyl groups excluding tert-OH is 9. The molecule has 0 saturated carbocycles. The summed E-state index contributed by atoms with van der Waals surface area (Å²) in [5.41, 5.74) is -0.482. The third-order valence-electron chi connectivity index (χ3n) is 17.7. The number of ketones is 1. The largest absolute Gasteiger partial charge is 0.466 e. The lowest BCUT2D eigenvalue weighted by Gasteiger charge is -2.40. The molecule has 0 aliphatic carbocycles. The minimum Gasteiger partial charge on any atom is -0.466 e. The molecular formula is C66H119N3O24. The highest BCUT2D eigenvalue weighted by atomic mass is 16.7. The minimum atomic E-state index is -1.21. The molecule has 0 aromatic rings. The molecule has 542 valence electrons. The van der Waals surface area contributed by atoms with Crippen molar-refractivity contribution in [2.24, 2.45) is 23.2 Å². The molecule has 0 aromatic carbocycles. The highest BCUT2D eigenvalue weighted by Gasteiger charge is 2.45. The molecule has 16 unspecified atom stereocenters. The Morgan fingerprint density at radius 1 is 0.376 bits per heavy atom. The molecule has 0 aromatic heterocycles. The van der Waals surface area contributed by atoms with E-state index in [1.54, 1.807) is 20.8 Å².